The first kappa shape index (κ1) is 14.4. The van der Waals surface area contributed by atoms with Gasteiger partial charge in [-0.1, -0.05) is 0 Å². The first-order chi connectivity index (χ1) is 9.24. The van der Waals surface area contributed by atoms with E-state index in [9.17, 15) is 0 Å². The van der Waals surface area contributed by atoms with E-state index in [0.717, 1.165) is 38.5 Å². The van der Waals surface area contributed by atoms with E-state index in [1.165, 1.54) is 0 Å². The van der Waals surface area contributed by atoms with Crippen LogP contribution in [0.4, 0.5) is 0 Å². The lowest BCUT2D eigenvalue weighted by atomic mass is 9.98. The molecule has 0 aliphatic carbocycles. The van der Waals surface area contributed by atoms with Gasteiger partial charge in [0, 0.05) is 12.8 Å². The van der Waals surface area contributed by atoms with Crippen molar-refractivity contribution in [1.82, 2.24) is 0 Å². The fourth-order valence-electron chi connectivity index (χ4n) is 2.82. The Balaban J connectivity index is 2.13. The largest absolute Gasteiger partial charge is 0.349 e. The van der Waals surface area contributed by atoms with E-state index in [1.807, 2.05) is 0 Å². The molecule has 0 saturated carbocycles. The van der Waals surface area contributed by atoms with Gasteiger partial charge in [-0.15, -0.1) is 24.7 Å². The lowest BCUT2D eigenvalue weighted by Gasteiger charge is -2.45. The molecule has 0 bridgehead atoms. The Morgan fingerprint density at radius 2 is 1.32 bits per heavy atom. The normalized spacial score (nSPS) is 35.3. The molecule has 0 aromatic rings. The van der Waals surface area contributed by atoms with E-state index in [4.69, 9.17) is 27.1 Å². The van der Waals surface area contributed by atoms with E-state index >= 15 is 0 Å². The van der Waals surface area contributed by atoms with Gasteiger partial charge >= 0.3 is 0 Å². The zero-order valence-corrected chi connectivity index (χ0v) is 11.5. The van der Waals surface area contributed by atoms with Crippen LogP contribution in [-0.4, -0.2) is 24.8 Å². The van der Waals surface area contributed by atoms with Crippen molar-refractivity contribution >= 4 is 0 Å². The van der Waals surface area contributed by atoms with Crippen LogP contribution < -0.4 is 0 Å². The second kappa shape index (κ2) is 6.44. The van der Waals surface area contributed by atoms with Crippen molar-refractivity contribution in [1.29, 1.82) is 0 Å². The van der Waals surface area contributed by atoms with Crippen molar-refractivity contribution < 1.29 is 14.2 Å². The maximum atomic E-state index is 6.26. The molecule has 2 rings (SSSR count). The third-order valence-electron chi connectivity index (χ3n) is 3.75. The number of rotatable bonds is 4. The minimum absolute atomic E-state index is 0.447. The SMILES string of the molecule is C#CCC1(OC2(CC#C)CCCCO2)CCCCO1. The molecule has 0 spiro atoms. The second-order valence-electron chi connectivity index (χ2n) is 5.30. The fraction of sp³-hybridized carbons (Fsp3) is 0.750. The average molecular weight is 262 g/mol. The minimum Gasteiger partial charge on any atom is -0.349 e. The molecule has 0 N–H and O–H groups in total. The third-order valence-corrected chi connectivity index (χ3v) is 3.75. The summed E-state index contributed by atoms with van der Waals surface area (Å²) in [7, 11) is 0. The summed E-state index contributed by atoms with van der Waals surface area (Å²) in [4.78, 5) is 0. The summed E-state index contributed by atoms with van der Waals surface area (Å²) in [6.45, 7) is 1.38. The Hall–Kier alpha value is -1.00. The molecular formula is C16H22O3. The summed E-state index contributed by atoms with van der Waals surface area (Å²) in [5.74, 6) is 3.93. The number of terminal acetylenes is 2. The Bertz CT molecular complexity index is 326. The molecule has 2 fully saturated rings. The monoisotopic (exact) mass is 262 g/mol. The van der Waals surface area contributed by atoms with Crippen LogP contribution in [0, 0.1) is 24.7 Å². The molecule has 2 aliphatic heterocycles. The predicted molar refractivity (Wildman–Crippen MR) is 73.1 cm³/mol. The van der Waals surface area contributed by atoms with Crippen LogP contribution in [0.1, 0.15) is 51.4 Å². The first-order valence-corrected chi connectivity index (χ1v) is 7.09. The van der Waals surface area contributed by atoms with Gasteiger partial charge in [0.2, 0.25) is 0 Å². The zero-order chi connectivity index (χ0) is 13.6. The highest BCUT2D eigenvalue weighted by atomic mass is 16.8. The Labute approximate surface area is 116 Å². The molecular weight excluding hydrogens is 240 g/mol. The lowest BCUT2D eigenvalue weighted by molar-refractivity contribution is -0.373. The first-order valence-electron chi connectivity index (χ1n) is 7.09. The second-order valence-corrected chi connectivity index (χ2v) is 5.30. The van der Waals surface area contributed by atoms with Crippen molar-refractivity contribution in [2.75, 3.05) is 13.2 Å². The summed E-state index contributed by atoms with van der Waals surface area (Å²) < 4.78 is 18.0. The van der Waals surface area contributed by atoms with Gasteiger partial charge in [0.05, 0.1) is 26.1 Å². The van der Waals surface area contributed by atoms with Crippen molar-refractivity contribution in [2.45, 2.75) is 62.9 Å². The molecule has 0 radical (unpaired) electrons. The van der Waals surface area contributed by atoms with Gasteiger partial charge in [-0.3, -0.25) is 0 Å². The van der Waals surface area contributed by atoms with Crippen LogP contribution in [0.2, 0.25) is 0 Å². The van der Waals surface area contributed by atoms with Gasteiger partial charge in [-0.05, 0) is 25.7 Å². The topological polar surface area (TPSA) is 27.7 Å². The van der Waals surface area contributed by atoms with E-state index in [0.29, 0.717) is 26.1 Å². The lowest BCUT2D eigenvalue weighted by Crippen LogP contribution is -2.50. The molecule has 19 heavy (non-hydrogen) atoms. The highest BCUT2D eigenvalue weighted by Crippen LogP contribution is 2.39. The minimum atomic E-state index is -0.707. The van der Waals surface area contributed by atoms with Crippen molar-refractivity contribution in [3.63, 3.8) is 0 Å². The Morgan fingerprint density at radius 3 is 1.63 bits per heavy atom. The van der Waals surface area contributed by atoms with Crippen LogP contribution in [0.3, 0.4) is 0 Å². The van der Waals surface area contributed by atoms with E-state index < -0.39 is 11.6 Å². The summed E-state index contributed by atoms with van der Waals surface area (Å²) in [6, 6.07) is 0. The molecule has 2 heterocycles. The predicted octanol–water partition coefficient (Wildman–Crippen LogP) is 2.84. The van der Waals surface area contributed by atoms with Crippen LogP contribution in [-0.2, 0) is 14.2 Å². The summed E-state index contributed by atoms with van der Waals surface area (Å²) >= 11 is 0. The van der Waals surface area contributed by atoms with Crippen molar-refractivity contribution in [3.05, 3.63) is 0 Å². The van der Waals surface area contributed by atoms with Gasteiger partial charge in [-0.2, -0.15) is 0 Å². The van der Waals surface area contributed by atoms with Crippen LogP contribution >= 0.6 is 0 Å². The Kier molecular flexibility index (Phi) is 4.88. The molecule has 2 aliphatic rings. The van der Waals surface area contributed by atoms with Gasteiger partial charge in [0.25, 0.3) is 0 Å². The van der Waals surface area contributed by atoms with Gasteiger partial charge in [0.1, 0.15) is 0 Å². The molecule has 3 nitrogen and oxygen atoms in total. The fourth-order valence-corrected chi connectivity index (χ4v) is 2.82. The van der Waals surface area contributed by atoms with Crippen molar-refractivity contribution in [3.8, 4) is 24.7 Å². The molecule has 2 saturated heterocycles. The zero-order valence-electron chi connectivity index (χ0n) is 11.5. The molecule has 0 amide bonds. The molecule has 104 valence electrons. The maximum absolute atomic E-state index is 6.26. The molecule has 3 heteroatoms. The number of ether oxygens (including phenoxy) is 3. The summed E-state index contributed by atoms with van der Waals surface area (Å²) in [6.07, 6.45) is 17.7. The summed E-state index contributed by atoms with van der Waals surface area (Å²) in [5.41, 5.74) is 0. The van der Waals surface area contributed by atoms with Crippen LogP contribution in [0.5, 0.6) is 0 Å². The van der Waals surface area contributed by atoms with E-state index in [-0.39, 0.29) is 0 Å². The highest BCUT2D eigenvalue weighted by molar-refractivity contribution is 4.98. The summed E-state index contributed by atoms with van der Waals surface area (Å²) in [5, 5.41) is 0. The standard InChI is InChI=1S/C16H22O3/c1-3-9-15(11-5-7-13-17-15)19-16(10-4-2)12-6-8-14-18-16/h1-2H,5-14H2. The Morgan fingerprint density at radius 1 is 0.842 bits per heavy atom. The number of hydrogen-bond acceptors (Lipinski definition) is 3. The third kappa shape index (κ3) is 3.51. The van der Waals surface area contributed by atoms with E-state index in [2.05, 4.69) is 11.8 Å². The molecule has 2 atom stereocenters. The van der Waals surface area contributed by atoms with Crippen LogP contribution in [0.25, 0.3) is 0 Å². The number of hydrogen-bond donors (Lipinski definition) is 0. The average Bonchev–Trinajstić information content (AvgIpc) is 2.41. The molecule has 2 unspecified atom stereocenters. The smallest absolute Gasteiger partial charge is 0.182 e. The highest BCUT2D eigenvalue weighted by Gasteiger charge is 2.44. The van der Waals surface area contributed by atoms with E-state index in [1.54, 1.807) is 0 Å². The van der Waals surface area contributed by atoms with Gasteiger partial charge in [0.15, 0.2) is 11.6 Å². The van der Waals surface area contributed by atoms with Gasteiger partial charge in [-0.25, -0.2) is 0 Å². The van der Waals surface area contributed by atoms with Crippen LogP contribution in [0.15, 0.2) is 0 Å². The van der Waals surface area contributed by atoms with Crippen molar-refractivity contribution in [2.24, 2.45) is 0 Å². The molecule has 0 aromatic carbocycles. The quantitative estimate of drug-likeness (QED) is 0.729. The van der Waals surface area contributed by atoms with Gasteiger partial charge < -0.3 is 14.2 Å². The maximum Gasteiger partial charge on any atom is 0.182 e. The molecule has 0 aromatic heterocycles.